The number of anilines is 1. The zero-order valence-corrected chi connectivity index (χ0v) is 9.34. The standard InChI is InChI=1S/C13H13N3O/c14-13-8-10(3-5-16-13)6-12(17)7-11-2-1-4-15-9-11/h1-5,8-9H,6-7H2,(H2,14,16). The fourth-order valence-corrected chi connectivity index (χ4v) is 1.62. The molecule has 0 bridgehead atoms. The van der Waals surface area contributed by atoms with Crippen molar-refractivity contribution in [1.82, 2.24) is 9.97 Å². The Morgan fingerprint density at radius 1 is 1.18 bits per heavy atom. The Morgan fingerprint density at radius 3 is 2.71 bits per heavy atom. The Hall–Kier alpha value is -2.23. The third kappa shape index (κ3) is 3.38. The van der Waals surface area contributed by atoms with E-state index in [0.29, 0.717) is 18.7 Å². The topological polar surface area (TPSA) is 68.9 Å². The Morgan fingerprint density at radius 2 is 2.00 bits per heavy atom. The van der Waals surface area contributed by atoms with Crippen LogP contribution in [-0.4, -0.2) is 15.8 Å². The first-order chi connectivity index (χ1) is 8.24. The summed E-state index contributed by atoms with van der Waals surface area (Å²) in [7, 11) is 0. The summed E-state index contributed by atoms with van der Waals surface area (Å²) < 4.78 is 0. The van der Waals surface area contributed by atoms with E-state index in [1.807, 2.05) is 12.1 Å². The molecule has 17 heavy (non-hydrogen) atoms. The number of pyridine rings is 2. The molecule has 86 valence electrons. The quantitative estimate of drug-likeness (QED) is 0.857. The first kappa shape index (κ1) is 11.3. The van der Waals surface area contributed by atoms with Gasteiger partial charge in [0, 0.05) is 31.4 Å². The van der Waals surface area contributed by atoms with Gasteiger partial charge in [0.05, 0.1) is 0 Å². The lowest BCUT2D eigenvalue weighted by Gasteiger charge is -2.02. The highest BCUT2D eigenvalue weighted by molar-refractivity contribution is 5.83. The normalized spacial score (nSPS) is 10.1. The zero-order chi connectivity index (χ0) is 12.1. The van der Waals surface area contributed by atoms with Gasteiger partial charge >= 0.3 is 0 Å². The van der Waals surface area contributed by atoms with E-state index >= 15 is 0 Å². The van der Waals surface area contributed by atoms with Gasteiger partial charge < -0.3 is 5.73 Å². The highest BCUT2D eigenvalue weighted by Crippen LogP contribution is 2.06. The van der Waals surface area contributed by atoms with Crippen molar-refractivity contribution in [2.45, 2.75) is 12.8 Å². The SMILES string of the molecule is Nc1cc(CC(=O)Cc2cccnc2)ccn1. The molecule has 0 saturated carbocycles. The second kappa shape index (κ2) is 5.21. The molecule has 2 heterocycles. The first-order valence-electron chi connectivity index (χ1n) is 5.35. The Bertz CT molecular complexity index is 511. The molecule has 0 aliphatic rings. The molecule has 4 heteroatoms. The molecule has 0 amide bonds. The molecular weight excluding hydrogens is 214 g/mol. The van der Waals surface area contributed by atoms with Crippen LogP contribution >= 0.6 is 0 Å². The minimum Gasteiger partial charge on any atom is -0.384 e. The highest BCUT2D eigenvalue weighted by Gasteiger charge is 2.05. The third-order valence-corrected chi connectivity index (χ3v) is 2.37. The van der Waals surface area contributed by atoms with Crippen molar-refractivity contribution >= 4 is 11.6 Å². The maximum atomic E-state index is 11.8. The summed E-state index contributed by atoms with van der Waals surface area (Å²) in [6, 6.07) is 7.25. The summed E-state index contributed by atoms with van der Waals surface area (Å²) in [5, 5.41) is 0. The molecule has 2 aromatic heterocycles. The zero-order valence-electron chi connectivity index (χ0n) is 9.34. The molecule has 0 aromatic carbocycles. The number of nitrogens with two attached hydrogens (primary N) is 1. The minimum atomic E-state index is 0.142. The van der Waals surface area contributed by atoms with E-state index in [1.54, 1.807) is 30.7 Å². The molecular formula is C13H13N3O. The molecule has 2 aromatic rings. The van der Waals surface area contributed by atoms with E-state index in [0.717, 1.165) is 11.1 Å². The number of carbonyl (C=O) groups excluding carboxylic acids is 1. The molecule has 0 atom stereocenters. The van der Waals surface area contributed by atoms with Gasteiger partial charge in [0.2, 0.25) is 0 Å². The van der Waals surface area contributed by atoms with Crippen LogP contribution in [0.5, 0.6) is 0 Å². The van der Waals surface area contributed by atoms with Gasteiger partial charge in [-0.2, -0.15) is 0 Å². The largest absolute Gasteiger partial charge is 0.384 e. The van der Waals surface area contributed by atoms with E-state index < -0.39 is 0 Å². The molecule has 0 aliphatic carbocycles. The molecule has 0 aliphatic heterocycles. The number of hydrogen-bond acceptors (Lipinski definition) is 4. The van der Waals surface area contributed by atoms with Crippen LogP contribution in [0.1, 0.15) is 11.1 Å². The smallest absolute Gasteiger partial charge is 0.141 e. The molecule has 4 nitrogen and oxygen atoms in total. The van der Waals surface area contributed by atoms with Crippen LogP contribution in [0.4, 0.5) is 5.82 Å². The Kier molecular flexibility index (Phi) is 3.45. The van der Waals surface area contributed by atoms with Crippen molar-refractivity contribution in [1.29, 1.82) is 0 Å². The van der Waals surface area contributed by atoms with Crippen molar-refractivity contribution in [2.24, 2.45) is 0 Å². The predicted octanol–water partition coefficient (Wildman–Crippen LogP) is 1.41. The van der Waals surface area contributed by atoms with Gasteiger partial charge in [0.25, 0.3) is 0 Å². The predicted molar refractivity (Wildman–Crippen MR) is 65.3 cm³/mol. The maximum Gasteiger partial charge on any atom is 0.141 e. The molecule has 0 radical (unpaired) electrons. The number of rotatable bonds is 4. The number of aromatic nitrogens is 2. The van der Waals surface area contributed by atoms with E-state index in [4.69, 9.17) is 5.73 Å². The number of ketones is 1. The Labute approximate surface area is 99.5 Å². The second-order valence-electron chi connectivity index (χ2n) is 3.84. The van der Waals surface area contributed by atoms with Crippen LogP contribution in [-0.2, 0) is 17.6 Å². The first-order valence-corrected chi connectivity index (χ1v) is 5.35. The monoisotopic (exact) mass is 227 g/mol. The molecule has 0 unspecified atom stereocenters. The van der Waals surface area contributed by atoms with Crippen LogP contribution in [0.2, 0.25) is 0 Å². The van der Waals surface area contributed by atoms with Gasteiger partial charge in [0.15, 0.2) is 0 Å². The van der Waals surface area contributed by atoms with E-state index in [-0.39, 0.29) is 5.78 Å². The number of carbonyl (C=O) groups is 1. The summed E-state index contributed by atoms with van der Waals surface area (Å²) in [5.41, 5.74) is 7.38. The van der Waals surface area contributed by atoms with Crippen molar-refractivity contribution in [2.75, 3.05) is 5.73 Å². The van der Waals surface area contributed by atoms with Gasteiger partial charge in [-0.25, -0.2) is 4.98 Å². The summed E-state index contributed by atoms with van der Waals surface area (Å²) in [6.45, 7) is 0. The van der Waals surface area contributed by atoms with E-state index in [1.165, 1.54) is 0 Å². The minimum absolute atomic E-state index is 0.142. The average molecular weight is 227 g/mol. The lowest BCUT2D eigenvalue weighted by Crippen LogP contribution is -2.07. The van der Waals surface area contributed by atoms with Crippen LogP contribution < -0.4 is 5.73 Å². The molecule has 2 N–H and O–H groups in total. The summed E-state index contributed by atoms with van der Waals surface area (Å²) in [4.78, 5) is 19.7. The van der Waals surface area contributed by atoms with Crippen LogP contribution in [0.3, 0.4) is 0 Å². The van der Waals surface area contributed by atoms with Gasteiger partial charge in [-0.05, 0) is 29.3 Å². The second-order valence-corrected chi connectivity index (χ2v) is 3.84. The summed E-state index contributed by atoms with van der Waals surface area (Å²) in [6.07, 6.45) is 5.79. The van der Waals surface area contributed by atoms with Crippen molar-refractivity contribution < 1.29 is 4.79 Å². The van der Waals surface area contributed by atoms with Crippen molar-refractivity contribution in [3.63, 3.8) is 0 Å². The van der Waals surface area contributed by atoms with Gasteiger partial charge in [-0.1, -0.05) is 6.07 Å². The van der Waals surface area contributed by atoms with Gasteiger partial charge in [0.1, 0.15) is 11.6 Å². The average Bonchev–Trinajstić information content (AvgIpc) is 2.30. The molecule has 0 spiro atoms. The third-order valence-electron chi connectivity index (χ3n) is 2.37. The van der Waals surface area contributed by atoms with Crippen molar-refractivity contribution in [3.05, 3.63) is 54.0 Å². The van der Waals surface area contributed by atoms with Crippen LogP contribution in [0.15, 0.2) is 42.9 Å². The maximum absolute atomic E-state index is 11.8. The fourth-order valence-electron chi connectivity index (χ4n) is 1.62. The van der Waals surface area contributed by atoms with Crippen LogP contribution in [0, 0.1) is 0 Å². The number of nitrogens with zero attached hydrogens (tertiary/aromatic N) is 2. The Balaban J connectivity index is 1.98. The lowest BCUT2D eigenvalue weighted by molar-refractivity contribution is -0.117. The number of nitrogen functional groups attached to an aromatic ring is 1. The lowest BCUT2D eigenvalue weighted by atomic mass is 10.0. The number of hydrogen-bond donors (Lipinski definition) is 1. The molecule has 2 rings (SSSR count). The summed E-state index contributed by atoms with van der Waals surface area (Å²) >= 11 is 0. The highest BCUT2D eigenvalue weighted by atomic mass is 16.1. The van der Waals surface area contributed by atoms with E-state index in [9.17, 15) is 4.79 Å². The molecule has 0 saturated heterocycles. The van der Waals surface area contributed by atoms with Gasteiger partial charge in [-0.15, -0.1) is 0 Å². The fraction of sp³-hybridized carbons (Fsp3) is 0.154. The van der Waals surface area contributed by atoms with E-state index in [2.05, 4.69) is 9.97 Å². The van der Waals surface area contributed by atoms with Crippen molar-refractivity contribution in [3.8, 4) is 0 Å². The number of Topliss-reactive ketones (excluding diaryl/α,β-unsaturated/α-hetero) is 1. The van der Waals surface area contributed by atoms with Crippen LogP contribution in [0.25, 0.3) is 0 Å². The molecule has 0 fully saturated rings. The summed E-state index contributed by atoms with van der Waals surface area (Å²) in [5.74, 6) is 0.584. The van der Waals surface area contributed by atoms with Gasteiger partial charge in [-0.3, -0.25) is 9.78 Å².